The Kier molecular flexibility index (Phi) is 4.19. The average molecular weight is 343 g/mol. The lowest BCUT2D eigenvalue weighted by molar-refractivity contribution is 0.534. The first-order chi connectivity index (χ1) is 12.7. The van der Waals surface area contributed by atoms with Gasteiger partial charge in [-0.2, -0.15) is 5.10 Å². The third kappa shape index (κ3) is 3.19. The third-order valence-corrected chi connectivity index (χ3v) is 4.19. The van der Waals surface area contributed by atoms with Crippen LogP contribution in [0, 0.1) is 6.92 Å². The van der Waals surface area contributed by atoms with Crippen molar-refractivity contribution in [2.24, 2.45) is 0 Å². The Balaban J connectivity index is 1.62. The van der Waals surface area contributed by atoms with E-state index in [0.717, 1.165) is 16.7 Å². The zero-order chi connectivity index (χ0) is 17.9. The molecule has 0 spiro atoms. The summed E-state index contributed by atoms with van der Waals surface area (Å²) in [5.74, 6) is 1.23. The molecule has 128 valence electrons. The van der Waals surface area contributed by atoms with Crippen molar-refractivity contribution in [3.8, 4) is 22.6 Å². The maximum atomic E-state index is 12.4. The molecule has 0 N–H and O–H groups in total. The van der Waals surface area contributed by atoms with Crippen molar-refractivity contribution in [2.45, 2.75) is 13.5 Å². The Morgan fingerprint density at radius 1 is 0.923 bits per heavy atom. The molecule has 0 saturated heterocycles. The van der Waals surface area contributed by atoms with Gasteiger partial charge >= 0.3 is 0 Å². The molecule has 0 aliphatic heterocycles. The molecule has 2 aromatic heterocycles. The minimum absolute atomic E-state index is 0.171. The van der Waals surface area contributed by atoms with Gasteiger partial charge in [-0.25, -0.2) is 9.67 Å². The third-order valence-electron chi connectivity index (χ3n) is 4.19. The van der Waals surface area contributed by atoms with Gasteiger partial charge in [0.1, 0.15) is 11.5 Å². The summed E-state index contributed by atoms with van der Waals surface area (Å²) in [5, 5.41) is 4.30. The molecule has 26 heavy (non-hydrogen) atoms. The second-order valence-corrected chi connectivity index (χ2v) is 5.99. The second-order valence-electron chi connectivity index (χ2n) is 5.99. The summed E-state index contributed by atoms with van der Waals surface area (Å²) in [6, 6.07) is 21.0. The molecule has 0 aliphatic carbocycles. The van der Waals surface area contributed by atoms with Crippen LogP contribution in [0.4, 0.5) is 0 Å². The van der Waals surface area contributed by atoms with Crippen LogP contribution in [0.1, 0.15) is 11.5 Å². The number of benzene rings is 2. The normalized spacial score (nSPS) is 10.8. The average Bonchev–Trinajstić information content (AvgIpc) is 3.05. The first kappa shape index (κ1) is 16.0. The predicted molar refractivity (Wildman–Crippen MR) is 99.7 cm³/mol. The Morgan fingerprint density at radius 3 is 2.23 bits per heavy atom. The smallest absolute Gasteiger partial charge is 0.267 e. The molecule has 0 aliphatic rings. The van der Waals surface area contributed by atoms with E-state index in [2.05, 4.69) is 10.1 Å². The number of oxazole rings is 1. The fraction of sp³-hybridized carbons (Fsp3) is 0.0952. The fourth-order valence-corrected chi connectivity index (χ4v) is 2.76. The minimum Gasteiger partial charge on any atom is -0.441 e. The lowest BCUT2D eigenvalue weighted by Crippen LogP contribution is -2.23. The fourth-order valence-electron chi connectivity index (χ4n) is 2.76. The van der Waals surface area contributed by atoms with Gasteiger partial charge in [-0.05, 0) is 24.6 Å². The predicted octanol–water partition coefficient (Wildman–Crippen LogP) is 3.92. The van der Waals surface area contributed by atoms with E-state index in [1.54, 1.807) is 12.3 Å². The number of hydrogen-bond donors (Lipinski definition) is 0. The van der Waals surface area contributed by atoms with E-state index in [-0.39, 0.29) is 12.1 Å². The van der Waals surface area contributed by atoms with Crippen LogP contribution >= 0.6 is 0 Å². The van der Waals surface area contributed by atoms with Gasteiger partial charge in [-0.1, -0.05) is 48.5 Å². The number of nitrogens with zero attached hydrogens (tertiary/aromatic N) is 3. The van der Waals surface area contributed by atoms with Crippen LogP contribution in [-0.4, -0.2) is 14.8 Å². The van der Waals surface area contributed by atoms with E-state index >= 15 is 0 Å². The second kappa shape index (κ2) is 6.80. The van der Waals surface area contributed by atoms with Gasteiger partial charge in [0.05, 0.1) is 12.7 Å². The minimum atomic E-state index is -0.171. The van der Waals surface area contributed by atoms with Crippen molar-refractivity contribution in [3.63, 3.8) is 0 Å². The highest BCUT2D eigenvalue weighted by Gasteiger charge is 2.13. The lowest BCUT2D eigenvalue weighted by Gasteiger charge is -2.05. The van der Waals surface area contributed by atoms with Crippen molar-refractivity contribution in [3.05, 3.63) is 94.7 Å². The standard InChI is InChI=1S/C21H17N3O2/c1-15-19(23-21(26-15)17-10-6-3-7-11-17)14-24-20(25)12-18(13-22-24)16-8-4-2-5-9-16/h2-13H,14H2,1H3. The Labute approximate surface area is 150 Å². The van der Waals surface area contributed by atoms with E-state index in [1.807, 2.05) is 67.6 Å². The van der Waals surface area contributed by atoms with Gasteiger partial charge in [-0.15, -0.1) is 0 Å². The van der Waals surface area contributed by atoms with Crippen LogP contribution in [-0.2, 0) is 6.54 Å². The van der Waals surface area contributed by atoms with Gasteiger partial charge in [0.2, 0.25) is 5.89 Å². The maximum Gasteiger partial charge on any atom is 0.267 e. The molecule has 0 atom stereocenters. The number of aryl methyl sites for hydroxylation is 1. The molecule has 4 rings (SSSR count). The highest BCUT2D eigenvalue weighted by Crippen LogP contribution is 2.22. The number of aromatic nitrogens is 3. The quantitative estimate of drug-likeness (QED) is 0.563. The Hall–Kier alpha value is -3.47. The maximum absolute atomic E-state index is 12.4. The van der Waals surface area contributed by atoms with Crippen molar-refractivity contribution in [2.75, 3.05) is 0 Å². The largest absolute Gasteiger partial charge is 0.441 e. The van der Waals surface area contributed by atoms with Gasteiger partial charge in [0.25, 0.3) is 5.56 Å². The van der Waals surface area contributed by atoms with Gasteiger partial charge in [0, 0.05) is 17.2 Å². The summed E-state index contributed by atoms with van der Waals surface area (Å²) in [7, 11) is 0. The van der Waals surface area contributed by atoms with Crippen LogP contribution in [0.3, 0.4) is 0 Å². The number of hydrogen-bond acceptors (Lipinski definition) is 4. The molecule has 0 radical (unpaired) electrons. The van der Waals surface area contributed by atoms with Crippen molar-refractivity contribution in [1.29, 1.82) is 0 Å². The summed E-state index contributed by atoms with van der Waals surface area (Å²) in [5.41, 5.74) is 3.20. The van der Waals surface area contributed by atoms with Crippen molar-refractivity contribution >= 4 is 0 Å². The molecule has 0 amide bonds. The first-order valence-corrected chi connectivity index (χ1v) is 8.35. The SMILES string of the molecule is Cc1oc(-c2ccccc2)nc1Cn1ncc(-c2ccccc2)cc1=O. The molecule has 0 bridgehead atoms. The summed E-state index contributed by atoms with van der Waals surface area (Å²) in [6.07, 6.45) is 1.70. The molecule has 4 aromatic rings. The number of rotatable bonds is 4. The summed E-state index contributed by atoms with van der Waals surface area (Å²) < 4.78 is 7.15. The lowest BCUT2D eigenvalue weighted by atomic mass is 10.1. The van der Waals surface area contributed by atoms with Crippen molar-refractivity contribution in [1.82, 2.24) is 14.8 Å². The highest BCUT2D eigenvalue weighted by atomic mass is 16.4. The zero-order valence-electron chi connectivity index (χ0n) is 14.3. The van der Waals surface area contributed by atoms with Crippen LogP contribution in [0.25, 0.3) is 22.6 Å². The summed E-state index contributed by atoms with van der Waals surface area (Å²) in [4.78, 5) is 17.0. The van der Waals surface area contributed by atoms with Gasteiger partial charge in [0.15, 0.2) is 0 Å². The summed E-state index contributed by atoms with van der Waals surface area (Å²) in [6.45, 7) is 2.12. The molecule has 5 nitrogen and oxygen atoms in total. The topological polar surface area (TPSA) is 60.9 Å². The Morgan fingerprint density at radius 2 is 1.58 bits per heavy atom. The molecule has 0 fully saturated rings. The zero-order valence-corrected chi connectivity index (χ0v) is 14.3. The van der Waals surface area contributed by atoms with E-state index in [9.17, 15) is 4.79 Å². The molecular formula is C21H17N3O2. The first-order valence-electron chi connectivity index (χ1n) is 8.35. The van der Waals surface area contributed by atoms with Gasteiger partial charge < -0.3 is 4.42 Å². The monoisotopic (exact) mass is 343 g/mol. The van der Waals surface area contributed by atoms with E-state index in [1.165, 1.54) is 4.68 Å². The molecule has 2 heterocycles. The molecule has 5 heteroatoms. The van der Waals surface area contributed by atoms with E-state index in [0.29, 0.717) is 17.3 Å². The van der Waals surface area contributed by atoms with Crippen LogP contribution in [0.5, 0.6) is 0 Å². The van der Waals surface area contributed by atoms with Gasteiger partial charge in [-0.3, -0.25) is 4.79 Å². The van der Waals surface area contributed by atoms with E-state index < -0.39 is 0 Å². The van der Waals surface area contributed by atoms with Crippen molar-refractivity contribution < 1.29 is 4.42 Å². The molecular weight excluding hydrogens is 326 g/mol. The van der Waals surface area contributed by atoms with Crippen LogP contribution < -0.4 is 5.56 Å². The Bertz CT molecular complexity index is 1080. The summed E-state index contributed by atoms with van der Waals surface area (Å²) >= 11 is 0. The molecule has 0 unspecified atom stereocenters. The van der Waals surface area contributed by atoms with Crippen LogP contribution in [0.15, 0.2) is 82.1 Å². The molecule has 2 aromatic carbocycles. The highest BCUT2D eigenvalue weighted by molar-refractivity contribution is 5.61. The molecule has 0 saturated carbocycles. The van der Waals surface area contributed by atoms with E-state index in [4.69, 9.17) is 4.42 Å². The van der Waals surface area contributed by atoms with Crippen LogP contribution in [0.2, 0.25) is 0 Å².